The Hall–Kier alpha value is -3.60. The third kappa shape index (κ3) is 5.12. The highest BCUT2D eigenvalue weighted by atomic mass is 16.5. The van der Waals surface area contributed by atoms with E-state index in [0.29, 0.717) is 16.8 Å². The normalized spacial score (nSPS) is 11.0. The Balaban J connectivity index is 1.81. The highest BCUT2D eigenvalue weighted by Crippen LogP contribution is 2.32. The number of anilines is 3. The maximum absolute atomic E-state index is 12.8. The Morgan fingerprint density at radius 3 is 2.00 bits per heavy atom. The number of benzene rings is 3. The first-order valence-electron chi connectivity index (χ1n) is 10.1. The van der Waals surface area contributed by atoms with E-state index in [1.165, 1.54) is 12.7 Å². The summed E-state index contributed by atoms with van der Waals surface area (Å²) < 4.78 is 4.70. The summed E-state index contributed by atoms with van der Waals surface area (Å²) in [4.78, 5) is 26.4. The van der Waals surface area contributed by atoms with Crippen LogP contribution in [0.1, 0.15) is 47.1 Å². The van der Waals surface area contributed by atoms with E-state index in [0.717, 1.165) is 11.4 Å². The molecule has 5 nitrogen and oxygen atoms in total. The van der Waals surface area contributed by atoms with Gasteiger partial charge in [0.05, 0.1) is 24.0 Å². The van der Waals surface area contributed by atoms with Crippen molar-refractivity contribution in [1.82, 2.24) is 0 Å². The molecule has 0 saturated carbocycles. The summed E-state index contributed by atoms with van der Waals surface area (Å²) in [5.41, 5.74) is 4.82. The van der Waals surface area contributed by atoms with Crippen LogP contribution in [0.5, 0.6) is 0 Å². The summed E-state index contributed by atoms with van der Waals surface area (Å²) in [6, 6.07) is 22.5. The average Bonchev–Trinajstić information content (AvgIpc) is 2.78. The number of nitrogens with one attached hydrogen (secondary N) is 1. The number of rotatable bonds is 5. The van der Waals surface area contributed by atoms with Crippen molar-refractivity contribution in [3.63, 3.8) is 0 Å². The van der Waals surface area contributed by atoms with Crippen LogP contribution in [0.3, 0.4) is 0 Å². The standard InChI is InChI=1S/C26H28N2O3/c1-26(2,3)20-14-16-21(17-15-20)28(4)23-9-7-6-8-22(23)27-24(29)18-10-12-19(13-11-18)25(30)31-5/h6-17H,1-5H3,(H,27,29). The molecule has 1 amide bonds. The van der Waals surface area contributed by atoms with E-state index in [4.69, 9.17) is 4.74 Å². The number of methoxy groups -OCH3 is 1. The first kappa shape index (κ1) is 22.1. The van der Waals surface area contributed by atoms with E-state index < -0.39 is 5.97 Å². The molecule has 0 heterocycles. The number of hydrogen-bond acceptors (Lipinski definition) is 4. The van der Waals surface area contributed by atoms with Gasteiger partial charge in [0.15, 0.2) is 0 Å². The van der Waals surface area contributed by atoms with Gasteiger partial charge < -0.3 is 15.0 Å². The van der Waals surface area contributed by atoms with Gasteiger partial charge in [0.25, 0.3) is 5.91 Å². The lowest BCUT2D eigenvalue weighted by Crippen LogP contribution is -2.17. The third-order valence-corrected chi connectivity index (χ3v) is 5.20. The van der Waals surface area contributed by atoms with Gasteiger partial charge in [0.1, 0.15) is 0 Å². The van der Waals surface area contributed by atoms with Gasteiger partial charge in [0.2, 0.25) is 0 Å². The van der Waals surface area contributed by atoms with Crippen molar-refractivity contribution in [2.45, 2.75) is 26.2 Å². The average molecular weight is 417 g/mol. The predicted molar refractivity (Wildman–Crippen MR) is 125 cm³/mol. The second-order valence-electron chi connectivity index (χ2n) is 8.40. The molecule has 0 spiro atoms. The van der Waals surface area contributed by atoms with Crippen molar-refractivity contribution in [3.8, 4) is 0 Å². The van der Waals surface area contributed by atoms with Gasteiger partial charge in [-0.25, -0.2) is 4.79 Å². The van der Waals surface area contributed by atoms with Gasteiger partial charge in [-0.3, -0.25) is 4.79 Å². The number of para-hydroxylation sites is 2. The van der Waals surface area contributed by atoms with E-state index >= 15 is 0 Å². The van der Waals surface area contributed by atoms with Crippen LogP contribution in [0, 0.1) is 0 Å². The molecule has 31 heavy (non-hydrogen) atoms. The Labute approximate surface area is 183 Å². The highest BCUT2D eigenvalue weighted by molar-refractivity contribution is 6.06. The fraction of sp³-hybridized carbons (Fsp3) is 0.231. The molecule has 0 aliphatic heterocycles. The van der Waals surface area contributed by atoms with E-state index in [9.17, 15) is 9.59 Å². The molecule has 0 atom stereocenters. The second kappa shape index (κ2) is 9.04. The van der Waals surface area contributed by atoms with Crippen LogP contribution < -0.4 is 10.2 Å². The minimum atomic E-state index is -0.434. The molecule has 0 aromatic heterocycles. The molecular weight excluding hydrogens is 388 g/mol. The fourth-order valence-corrected chi connectivity index (χ4v) is 3.27. The number of nitrogens with zero attached hydrogens (tertiary/aromatic N) is 1. The van der Waals surface area contributed by atoms with Crippen LogP contribution in [0.15, 0.2) is 72.8 Å². The number of carbonyl (C=O) groups is 2. The van der Waals surface area contributed by atoms with Gasteiger partial charge in [-0.05, 0) is 59.5 Å². The highest BCUT2D eigenvalue weighted by Gasteiger charge is 2.16. The van der Waals surface area contributed by atoms with Crippen molar-refractivity contribution in [3.05, 3.63) is 89.5 Å². The number of hydrogen-bond donors (Lipinski definition) is 1. The van der Waals surface area contributed by atoms with Crippen LogP contribution in [-0.2, 0) is 10.2 Å². The molecule has 160 valence electrons. The van der Waals surface area contributed by atoms with Crippen LogP contribution in [0.4, 0.5) is 17.1 Å². The first-order chi connectivity index (χ1) is 14.7. The number of esters is 1. The van der Waals surface area contributed by atoms with Crippen LogP contribution >= 0.6 is 0 Å². The Bertz CT molecular complexity index is 1070. The zero-order valence-electron chi connectivity index (χ0n) is 18.6. The molecule has 0 fully saturated rings. The first-order valence-corrected chi connectivity index (χ1v) is 10.1. The van der Waals surface area contributed by atoms with E-state index in [-0.39, 0.29) is 11.3 Å². The minimum Gasteiger partial charge on any atom is -0.465 e. The number of carbonyl (C=O) groups excluding carboxylic acids is 2. The smallest absolute Gasteiger partial charge is 0.337 e. The van der Waals surface area contributed by atoms with E-state index in [1.807, 2.05) is 36.2 Å². The minimum absolute atomic E-state index is 0.0897. The molecule has 1 N–H and O–H groups in total. The summed E-state index contributed by atoms with van der Waals surface area (Å²) in [5.74, 6) is -0.684. The van der Waals surface area contributed by atoms with Crippen LogP contribution in [0.25, 0.3) is 0 Å². The Kier molecular flexibility index (Phi) is 6.44. The lowest BCUT2D eigenvalue weighted by molar-refractivity contribution is 0.0600. The summed E-state index contributed by atoms with van der Waals surface area (Å²) in [7, 11) is 3.30. The van der Waals surface area contributed by atoms with Gasteiger partial charge in [-0.15, -0.1) is 0 Å². The van der Waals surface area contributed by atoms with Crippen molar-refractivity contribution in [2.75, 3.05) is 24.4 Å². The maximum Gasteiger partial charge on any atom is 0.337 e. The predicted octanol–water partition coefficient (Wildman–Crippen LogP) is 5.79. The zero-order chi connectivity index (χ0) is 22.6. The Morgan fingerprint density at radius 1 is 0.839 bits per heavy atom. The van der Waals surface area contributed by atoms with E-state index in [2.05, 4.69) is 50.4 Å². The molecule has 3 rings (SSSR count). The summed E-state index contributed by atoms with van der Waals surface area (Å²) in [5, 5.41) is 2.98. The number of ether oxygens (including phenoxy) is 1. The van der Waals surface area contributed by atoms with Gasteiger partial charge >= 0.3 is 5.97 Å². The largest absolute Gasteiger partial charge is 0.465 e. The second-order valence-corrected chi connectivity index (χ2v) is 8.40. The number of amides is 1. The molecule has 0 unspecified atom stereocenters. The molecular formula is C26H28N2O3. The monoisotopic (exact) mass is 416 g/mol. The lowest BCUT2D eigenvalue weighted by atomic mass is 9.87. The molecule has 0 radical (unpaired) electrons. The fourth-order valence-electron chi connectivity index (χ4n) is 3.27. The third-order valence-electron chi connectivity index (χ3n) is 5.20. The van der Waals surface area contributed by atoms with Crippen LogP contribution in [-0.4, -0.2) is 26.0 Å². The lowest BCUT2D eigenvalue weighted by Gasteiger charge is -2.25. The summed E-state index contributed by atoms with van der Waals surface area (Å²) >= 11 is 0. The van der Waals surface area contributed by atoms with Gasteiger partial charge in [-0.1, -0.05) is 45.0 Å². The van der Waals surface area contributed by atoms with Crippen molar-refractivity contribution >= 4 is 28.9 Å². The maximum atomic E-state index is 12.8. The zero-order valence-corrected chi connectivity index (χ0v) is 18.6. The molecule has 3 aromatic rings. The van der Waals surface area contributed by atoms with Gasteiger partial charge in [-0.2, -0.15) is 0 Å². The van der Waals surface area contributed by atoms with Crippen molar-refractivity contribution < 1.29 is 14.3 Å². The molecule has 0 saturated heterocycles. The summed E-state index contributed by atoms with van der Waals surface area (Å²) in [6.45, 7) is 6.57. The quantitative estimate of drug-likeness (QED) is 0.535. The van der Waals surface area contributed by atoms with E-state index in [1.54, 1.807) is 24.3 Å². The molecule has 3 aromatic carbocycles. The molecule has 5 heteroatoms. The van der Waals surface area contributed by atoms with Gasteiger partial charge in [0, 0.05) is 18.3 Å². The molecule has 0 bridgehead atoms. The topological polar surface area (TPSA) is 58.6 Å². The molecule has 0 aliphatic carbocycles. The van der Waals surface area contributed by atoms with Crippen molar-refractivity contribution in [2.24, 2.45) is 0 Å². The SMILES string of the molecule is COC(=O)c1ccc(C(=O)Nc2ccccc2N(C)c2ccc(C(C)(C)C)cc2)cc1. The van der Waals surface area contributed by atoms with Crippen LogP contribution in [0.2, 0.25) is 0 Å². The Morgan fingerprint density at radius 2 is 1.42 bits per heavy atom. The van der Waals surface area contributed by atoms with Crippen molar-refractivity contribution in [1.29, 1.82) is 0 Å². The summed E-state index contributed by atoms with van der Waals surface area (Å²) in [6.07, 6.45) is 0. The molecule has 0 aliphatic rings.